The number of hydrogen-bond acceptors (Lipinski definition) is 4. The van der Waals surface area contributed by atoms with E-state index >= 15 is 0 Å². The smallest absolute Gasteiger partial charge is 0.142 e. The molecule has 2 heterocycles. The van der Waals surface area contributed by atoms with Gasteiger partial charge in [0.2, 0.25) is 0 Å². The van der Waals surface area contributed by atoms with E-state index in [1.807, 2.05) is 18.2 Å². The number of rotatable bonds is 1. The third-order valence-electron chi connectivity index (χ3n) is 3.82. The van der Waals surface area contributed by atoms with Crippen molar-refractivity contribution in [1.82, 2.24) is 9.97 Å². The Labute approximate surface area is 121 Å². The third-order valence-corrected chi connectivity index (χ3v) is 4.97. The van der Waals surface area contributed by atoms with Crippen molar-refractivity contribution in [3.05, 3.63) is 47.0 Å². The first kappa shape index (κ1) is 12.0. The first-order valence-corrected chi connectivity index (χ1v) is 7.74. The monoisotopic (exact) mass is 281 g/mol. The highest BCUT2D eigenvalue weighted by molar-refractivity contribution is 7.15. The Morgan fingerprint density at radius 1 is 1.10 bits per heavy atom. The summed E-state index contributed by atoms with van der Waals surface area (Å²) in [5.41, 5.74) is 9.21. The average Bonchev–Trinajstić information content (AvgIpc) is 2.92. The van der Waals surface area contributed by atoms with Crippen LogP contribution in [0.1, 0.15) is 29.5 Å². The Morgan fingerprint density at radius 2 is 2.00 bits per heavy atom. The fraction of sp³-hybridized carbons (Fsp3) is 0.250. The van der Waals surface area contributed by atoms with Crippen LogP contribution in [0.2, 0.25) is 0 Å². The van der Waals surface area contributed by atoms with Gasteiger partial charge in [-0.25, -0.2) is 9.97 Å². The first-order chi connectivity index (χ1) is 9.81. The van der Waals surface area contributed by atoms with E-state index in [-0.39, 0.29) is 6.04 Å². The summed E-state index contributed by atoms with van der Waals surface area (Å²) in [4.78, 5) is 10.8. The van der Waals surface area contributed by atoms with Crippen LogP contribution in [0.15, 0.2) is 36.4 Å². The van der Waals surface area contributed by atoms with Crippen LogP contribution in [0.3, 0.4) is 0 Å². The van der Waals surface area contributed by atoms with Gasteiger partial charge in [-0.05, 0) is 31.4 Å². The molecule has 4 rings (SSSR count). The highest BCUT2D eigenvalue weighted by Gasteiger charge is 2.22. The Balaban J connectivity index is 1.83. The molecule has 3 nitrogen and oxygen atoms in total. The van der Waals surface area contributed by atoms with Crippen molar-refractivity contribution in [1.29, 1.82) is 0 Å². The maximum atomic E-state index is 6.15. The van der Waals surface area contributed by atoms with Crippen LogP contribution in [-0.4, -0.2) is 9.97 Å². The highest BCUT2D eigenvalue weighted by atomic mass is 32.1. The number of aromatic nitrogens is 2. The lowest BCUT2D eigenvalue weighted by atomic mass is 9.99. The second kappa shape index (κ2) is 4.65. The lowest BCUT2D eigenvalue weighted by Gasteiger charge is -2.15. The van der Waals surface area contributed by atoms with Crippen molar-refractivity contribution in [2.24, 2.45) is 5.73 Å². The summed E-state index contributed by atoms with van der Waals surface area (Å²) in [6.07, 6.45) is 3.32. The number of nitrogens with two attached hydrogens (primary N) is 1. The van der Waals surface area contributed by atoms with E-state index in [1.54, 1.807) is 11.3 Å². The average molecular weight is 281 g/mol. The molecule has 1 unspecified atom stereocenters. The van der Waals surface area contributed by atoms with Gasteiger partial charge in [-0.3, -0.25) is 0 Å². The summed E-state index contributed by atoms with van der Waals surface area (Å²) in [5, 5.41) is 2.16. The molecule has 1 atom stereocenters. The molecule has 0 radical (unpaired) electrons. The predicted octanol–water partition coefficient (Wildman–Crippen LogP) is 3.69. The van der Waals surface area contributed by atoms with Gasteiger partial charge in [-0.15, -0.1) is 11.3 Å². The van der Waals surface area contributed by atoms with Crippen LogP contribution in [-0.2, 0) is 6.42 Å². The Hall–Kier alpha value is -1.78. The van der Waals surface area contributed by atoms with Gasteiger partial charge in [0.25, 0.3) is 0 Å². The normalized spacial score (nSPS) is 18.1. The molecule has 0 saturated carbocycles. The second-order valence-electron chi connectivity index (χ2n) is 5.22. The van der Waals surface area contributed by atoms with Crippen LogP contribution < -0.4 is 5.73 Å². The number of benzene rings is 1. The summed E-state index contributed by atoms with van der Waals surface area (Å²) in [5.74, 6) is 0. The quantitative estimate of drug-likeness (QED) is 0.740. The minimum atomic E-state index is 0.101. The van der Waals surface area contributed by atoms with Gasteiger partial charge in [0.15, 0.2) is 0 Å². The van der Waals surface area contributed by atoms with Crippen molar-refractivity contribution in [3.63, 3.8) is 0 Å². The number of hydrogen-bond donors (Lipinski definition) is 1. The van der Waals surface area contributed by atoms with Gasteiger partial charge in [-0.1, -0.05) is 24.3 Å². The van der Waals surface area contributed by atoms with Gasteiger partial charge in [0.1, 0.15) is 5.01 Å². The van der Waals surface area contributed by atoms with Gasteiger partial charge in [-0.2, -0.15) is 0 Å². The molecule has 0 aliphatic heterocycles. The van der Waals surface area contributed by atoms with Gasteiger partial charge in [0, 0.05) is 16.3 Å². The van der Waals surface area contributed by atoms with E-state index in [9.17, 15) is 0 Å². The predicted molar refractivity (Wildman–Crippen MR) is 82.7 cm³/mol. The van der Waals surface area contributed by atoms with Gasteiger partial charge < -0.3 is 5.73 Å². The SMILES string of the molecule is NC1CCCc2sc(-c3ccc4ccccc4n3)nc21. The van der Waals surface area contributed by atoms with Gasteiger partial charge in [0.05, 0.1) is 16.9 Å². The van der Waals surface area contributed by atoms with Crippen LogP contribution in [0, 0.1) is 0 Å². The molecule has 0 fully saturated rings. The summed E-state index contributed by atoms with van der Waals surface area (Å²) < 4.78 is 0. The maximum Gasteiger partial charge on any atom is 0.142 e. The topological polar surface area (TPSA) is 51.8 Å². The number of thiazole rings is 1. The number of nitrogens with zero attached hydrogens (tertiary/aromatic N) is 2. The molecular formula is C16H15N3S. The van der Waals surface area contributed by atoms with Crippen molar-refractivity contribution in [2.45, 2.75) is 25.3 Å². The van der Waals surface area contributed by atoms with Crippen molar-refractivity contribution in [3.8, 4) is 10.7 Å². The summed E-state index contributed by atoms with van der Waals surface area (Å²) >= 11 is 1.75. The standard InChI is InChI=1S/C16H15N3S/c17-11-5-3-7-14-15(11)19-16(20-14)13-9-8-10-4-1-2-6-12(10)18-13/h1-2,4,6,8-9,11H,3,5,7,17H2. The molecule has 1 aliphatic rings. The van der Waals surface area contributed by atoms with E-state index in [0.29, 0.717) is 0 Å². The summed E-state index contributed by atoms with van der Waals surface area (Å²) in [6, 6.07) is 12.4. The molecule has 1 aromatic carbocycles. The van der Waals surface area contributed by atoms with Crippen molar-refractivity contribution < 1.29 is 0 Å². The largest absolute Gasteiger partial charge is 0.323 e. The number of fused-ring (bicyclic) bond motifs is 2. The molecular weight excluding hydrogens is 266 g/mol. The zero-order valence-electron chi connectivity index (χ0n) is 11.0. The number of aryl methyl sites for hydroxylation is 1. The molecule has 2 N–H and O–H groups in total. The molecule has 2 aromatic heterocycles. The van der Waals surface area contributed by atoms with Crippen molar-refractivity contribution in [2.75, 3.05) is 0 Å². The van der Waals surface area contributed by atoms with Gasteiger partial charge >= 0.3 is 0 Å². The lowest BCUT2D eigenvalue weighted by Crippen LogP contribution is -2.16. The third kappa shape index (κ3) is 1.92. The maximum absolute atomic E-state index is 6.15. The van der Waals surface area contributed by atoms with E-state index in [0.717, 1.165) is 40.1 Å². The van der Waals surface area contributed by atoms with Crippen LogP contribution in [0.25, 0.3) is 21.6 Å². The fourth-order valence-corrected chi connectivity index (χ4v) is 3.89. The number of para-hydroxylation sites is 1. The van der Waals surface area contributed by atoms with Crippen LogP contribution in [0.5, 0.6) is 0 Å². The number of pyridine rings is 1. The van der Waals surface area contributed by atoms with Crippen molar-refractivity contribution >= 4 is 22.2 Å². The minimum absolute atomic E-state index is 0.101. The van der Waals surface area contributed by atoms with E-state index < -0.39 is 0 Å². The molecule has 3 aromatic rings. The van der Waals surface area contributed by atoms with Crippen LogP contribution in [0.4, 0.5) is 0 Å². The molecule has 0 amide bonds. The summed E-state index contributed by atoms with van der Waals surface area (Å²) in [6.45, 7) is 0. The first-order valence-electron chi connectivity index (χ1n) is 6.92. The highest BCUT2D eigenvalue weighted by Crippen LogP contribution is 2.35. The minimum Gasteiger partial charge on any atom is -0.323 e. The molecule has 100 valence electrons. The molecule has 0 saturated heterocycles. The fourth-order valence-electron chi connectivity index (χ4n) is 2.75. The second-order valence-corrected chi connectivity index (χ2v) is 6.30. The van der Waals surface area contributed by atoms with Crippen LogP contribution >= 0.6 is 11.3 Å². The Bertz CT molecular complexity index is 778. The lowest BCUT2D eigenvalue weighted by molar-refractivity contribution is 0.564. The zero-order chi connectivity index (χ0) is 13.5. The Kier molecular flexibility index (Phi) is 2.79. The molecule has 20 heavy (non-hydrogen) atoms. The van der Waals surface area contributed by atoms with E-state index in [1.165, 1.54) is 11.3 Å². The molecule has 0 spiro atoms. The molecule has 0 bridgehead atoms. The van der Waals surface area contributed by atoms with E-state index in [4.69, 9.17) is 15.7 Å². The van der Waals surface area contributed by atoms with E-state index in [2.05, 4.69) is 18.2 Å². The summed E-state index contributed by atoms with van der Waals surface area (Å²) in [7, 11) is 0. The zero-order valence-corrected chi connectivity index (χ0v) is 11.9. The molecule has 1 aliphatic carbocycles. The Morgan fingerprint density at radius 3 is 2.90 bits per heavy atom. The molecule has 4 heteroatoms.